The standard InChI is InChI=1S/C26H27N7O4/c27-23(34)16-9-18-19(10-16)33(24(30-18)15-3-4-20-21(11-15)37-13-36-20)22-5-7-28-26(31-22)29-17-6-8-32(12-17)25(35)14-1-2-14/h3-5,7,11,14,16-17H,1-2,6,8-10,12-13H2,(H2,27,34)(H,28,29,31)/t16?,17-/m1/s1. The van der Waals surface area contributed by atoms with Crippen molar-refractivity contribution in [3.8, 4) is 28.7 Å². The van der Waals surface area contributed by atoms with Crippen LogP contribution in [-0.2, 0) is 22.4 Å². The number of hydrogen-bond donors (Lipinski definition) is 2. The summed E-state index contributed by atoms with van der Waals surface area (Å²) in [5, 5.41) is 3.41. The van der Waals surface area contributed by atoms with Crippen molar-refractivity contribution in [2.24, 2.45) is 17.6 Å². The molecule has 2 fully saturated rings. The maximum absolute atomic E-state index is 12.4. The molecule has 11 nitrogen and oxygen atoms in total. The largest absolute Gasteiger partial charge is 0.454 e. The van der Waals surface area contributed by atoms with Crippen LogP contribution in [0.5, 0.6) is 11.5 Å². The van der Waals surface area contributed by atoms with E-state index in [2.05, 4.69) is 10.3 Å². The van der Waals surface area contributed by atoms with Crippen LogP contribution in [0, 0.1) is 11.8 Å². The fraction of sp³-hybridized carbons (Fsp3) is 0.423. The number of likely N-dealkylation sites (tertiary alicyclic amines) is 1. The average molecular weight is 502 g/mol. The molecule has 0 bridgehead atoms. The fourth-order valence-electron chi connectivity index (χ4n) is 5.48. The molecule has 2 aliphatic carbocycles. The minimum Gasteiger partial charge on any atom is -0.454 e. The predicted octanol–water partition coefficient (Wildman–Crippen LogP) is 1.68. The van der Waals surface area contributed by atoms with Crippen LogP contribution in [0.4, 0.5) is 5.95 Å². The van der Waals surface area contributed by atoms with Gasteiger partial charge in [-0.25, -0.2) is 9.97 Å². The minimum atomic E-state index is -0.328. The van der Waals surface area contributed by atoms with Crippen molar-refractivity contribution in [1.29, 1.82) is 0 Å². The second-order valence-electron chi connectivity index (χ2n) is 10.2. The molecule has 2 amide bonds. The van der Waals surface area contributed by atoms with E-state index in [-0.39, 0.29) is 36.5 Å². The summed E-state index contributed by atoms with van der Waals surface area (Å²) in [4.78, 5) is 40.5. The number of nitrogens with one attached hydrogen (secondary N) is 1. The first-order valence-electron chi connectivity index (χ1n) is 12.7. The number of carbonyl (C=O) groups is 2. The summed E-state index contributed by atoms with van der Waals surface area (Å²) in [6, 6.07) is 7.65. The summed E-state index contributed by atoms with van der Waals surface area (Å²) >= 11 is 0. The van der Waals surface area contributed by atoms with E-state index < -0.39 is 0 Å². The molecule has 2 aromatic heterocycles. The Kier molecular flexibility index (Phi) is 5.05. The first kappa shape index (κ1) is 22.1. The van der Waals surface area contributed by atoms with Gasteiger partial charge in [0.15, 0.2) is 11.5 Å². The third-order valence-corrected chi connectivity index (χ3v) is 7.60. The molecule has 190 valence electrons. The van der Waals surface area contributed by atoms with Crippen LogP contribution in [0.1, 0.15) is 30.7 Å². The predicted molar refractivity (Wildman–Crippen MR) is 132 cm³/mol. The van der Waals surface area contributed by atoms with E-state index >= 15 is 0 Å². The average Bonchev–Trinajstić information content (AvgIpc) is 3.23. The summed E-state index contributed by atoms with van der Waals surface area (Å²) in [6.07, 6.45) is 5.58. The molecule has 37 heavy (non-hydrogen) atoms. The number of ether oxygens (including phenoxy) is 2. The molecule has 1 saturated heterocycles. The quantitative estimate of drug-likeness (QED) is 0.521. The number of carbonyl (C=O) groups excluding carboxylic acids is 2. The van der Waals surface area contributed by atoms with E-state index in [1.165, 1.54) is 0 Å². The molecular weight excluding hydrogens is 474 g/mol. The lowest BCUT2D eigenvalue weighted by Crippen LogP contribution is -2.32. The van der Waals surface area contributed by atoms with Crippen LogP contribution in [0.25, 0.3) is 17.2 Å². The first-order chi connectivity index (χ1) is 18.0. The lowest BCUT2D eigenvalue weighted by Gasteiger charge is -2.17. The van der Waals surface area contributed by atoms with Gasteiger partial charge >= 0.3 is 0 Å². The van der Waals surface area contributed by atoms with E-state index in [0.29, 0.717) is 48.5 Å². The van der Waals surface area contributed by atoms with E-state index in [1.807, 2.05) is 33.7 Å². The number of anilines is 1. The third kappa shape index (κ3) is 3.94. The zero-order valence-corrected chi connectivity index (χ0v) is 20.2. The maximum atomic E-state index is 12.4. The SMILES string of the molecule is NC(=O)C1Cc2nc(-c3ccc4c(c3)OCO4)n(-c3ccnc(N[C@@H]4CCN(C(=O)C5CC5)C4)n3)c2C1. The number of amides is 2. The van der Waals surface area contributed by atoms with Crippen molar-refractivity contribution in [2.75, 3.05) is 25.2 Å². The highest BCUT2D eigenvalue weighted by molar-refractivity contribution is 5.81. The number of fused-ring (bicyclic) bond motifs is 2. The molecule has 3 N–H and O–H groups in total. The number of rotatable bonds is 6. The van der Waals surface area contributed by atoms with Crippen LogP contribution in [0.15, 0.2) is 30.5 Å². The number of aromatic nitrogens is 4. The van der Waals surface area contributed by atoms with Crippen molar-refractivity contribution in [1.82, 2.24) is 24.4 Å². The van der Waals surface area contributed by atoms with Crippen LogP contribution < -0.4 is 20.5 Å². The summed E-state index contributed by atoms with van der Waals surface area (Å²) in [5.41, 5.74) is 8.25. The zero-order chi connectivity index (χ0) is 25.1. The monoisotopic (exact) mass is 501 g/mol. The molecule has 0 spiro atoms. The van der Waals surface area contributed by atoms with Gasteiger partial charge in [0, 0.05) is 61.3 Å². The minimum absolute atomic E-state index is 0.0963. The molecule has 0 radical (unpaired) electrons. The number of hydrogen-bond acceptors (Lipinski definition) is 8. The van der Waals surface area contributed by atoms with Crippen LogP contribution in [-0.4, -0.2) is 62.2 Å². The van der Waals surface area contributed by atoms with Crippen molar-refractivity contribution < 1.29 is 19.1 Å². The Morgan fingerprint density at radius 2 is 1.89 bits per heavy atom. The highest BCUT2D eigenvalue weighted by atomic mass is 16.7. The van der Waals surface area contributed by atoms with Gasteiger partial charge in [-0.2, -0.15) is 4.98 Å². The van der Waals surface area contributed by atoms with Crippen LogP contribution >= 0.6 is 0 Å². The topological polar surface area (TPSA) is 137 Å². The summed E-state index contributed by atoms with van der Waals surface area (Å²) in [7, 11) is 0. The summed E-state index contributed by atoms with van der Waals surface area (Å²) < 4.78 is 13.0. The van der Waals surface area contributed by atoms with Gasteiger partial charge in [-0.1, -0.05) is 0 Å². The van der Waals surface area contributed by atoms with Gasteiger partial charge in [-0.15, -0.1) is 0 Å². The Morgan fingerprint density at radius 1 is 1.03 bits per heavy atom. The highest BCUT2D eigenvalue weighted by Crippen LogP contribution is 2.39. The Morgan fingerprint density at radius 3 is 2.73 bits per heavy atom. The molecule has 2 atom stereocenters. The zero-order valence-electron chi connectivity index (χ0n) is 20.2. The molecule has 3 aromatic rings. The molecular formula is C26H27N7O4. The molecule has 4 aliphatic rings. The van der Waals surface area contributed by atoms with Gasteiger partial charge < -0.3 is 25.4 Å². The lowest BCUT2D eigenvalue weighted by atomic mass is 10.1. The second-order valence-corrected chi connectivity index (χ2v) is 10.2. The van der Waals surface area contributed by atoms with E-state index in [1.54, 1.807) is 6.20 Å². The summed E-state index contributed by atoms with van der Waals surface area (Å²) in [6.45, 7) is 1.60. The molecule has 1 saturated carbocycles. The van der Waals surface area contributed by atoms with Gasteiger partial charge in [0.05, 0.1) is 5.69 Å². The van der Waals surface area contributed by atoms with Gasteiger partial charge in [0.25, 0.3) is 0 Å². The van der Waals surface area contributed by atoms with Crippen LogP contribution in [0.3, 0.4) is 0 Å². The number of primary amides is 1. The van der Waals surface area contributed by atoms with Gasteiger partial charge in [0.2, 0.25) is 24.6 Å². The Labute approximate surface area is 213 Å². The number of benzene rings is 1. The molecule has 11 heteroatoms. The second kappa shape index (κ2) is 8.46. The van der Waals surface area contributed by atoms with Gasteiger partial charge in [-0.05, 0) is 43.5 Å². The van der Waals surface area contributed by atoms with Gasteiger partial charge in [0.1, 0.15) is 11.6 Å². The Hall–Kier alpha value is -4.15. The number of nitrogens with two attached hydrogens (primary N) is 1. The van der Waals surface area contributed by atoms with Gasteiger partial charge in [-0.3, -0.25) is 14.2 Å². The maximum Gasteiger partial charge on any atom is 0.231 e. The summed E-state index contributed by atoms with van der Waals surface area (Å²) in [5.74, 6) is 3.08. The van der Waals surface area contributed by atoms with Crippen molar-refractivity contribution in [3.63, 3.8) is 0 Å². The fourth-order valence-corrected chi connectivity index (χ4v) is 5.48. The lowest BCUT2D eigenvalue weighted by molar-refractivity contribution is -0.131. The van der Waals surface area contributed by atoms with E-state index in [9.17, 15) is 9.59 Å². The van der Waals surface area contributed by atoms with Crippen molar-refractivity contribution in [3.05, 3.63) is 41.9 Å². The molecule has 2 aliphatic heterocycles. The van der Waals surface area contributed by atoms with Crippen molar-refractivity contribution >= 4 is 17.8 Å². The van der Waals surface area contributed by atoms with Crippen LogP contribution in [0.2, 0.25) is 0 Å². The Balaban J connectivity index is 1.21. The number of imidazole rings is 1. The molecule has 4 heterocycles. The van der Waals surface area contributed by atoms with Crippen molar-refractivity contribution in [2.45, 2.75) is 38.1 Å². The highest BCUT2D eigenvalue weighted by Gasteiger charge is 2.37. The molecule has 1 aromatic carbocycles. The smallest absolute Gasteiger partial charge is 0.231 e. The Bertz CT molecular complexity index is 1420. The number of nitrogens with zero attached hydrogens (tertiary/aromatic N) is 5. The first-order valence-corrected chi connectivity index (χ1v) is 12.7. The molecule has 1 unspecified atom stereocenters. The molecule has 7 rings (SSSR count). The third-order valence-electron chi connectivity index (χ3n) is 7.60. The van der Waals surface area contributed by atoms with E-state index in [4.69, 9.17) is 25.2 Å². The van der Waals surface area contributed by atoms with E-state index in [0.717, 1.165) is 42.8 Å². The normalized spacial score (nSPS) is 21.8.